The fourth-order valence-electron chi connectivity index (χ4n) is 2.49. The van der Waals surface area contributed by atoms with Crippen LogP contribution in [0.15, 0.2) is 53.5 Å². The van der Waals surface area contributed by atoms with E-state index in [1.54, 1.807) is 0 Å². The molecule has 2 amide bonds. The van der Waals surface area contributed by atoms with Gasteiger partial charge in [-0.2, -0.15) is 0 Å². The molecule has 2 aromatic carbocycles. The van der Waals surface area contributed by atoms with E-state index in [-0.39, 0.29) is 18.2 Å². The number of aliphatic imine (C=N–C) groups is 1. The summed E-state index contributed by atoms with van der Waals surface area (Å²) in [7, 11) is 0. The van der Waals surface area contributed by atoms with Crippen molar-refractivity contribution in [1.82, 2.24) is 5.32 Å². The van der Waals surface area contributed by atoms with Crippen LogP contribution in [0.25, 0.3) is 0 Å². The maximum atomic E-state index is 12.2. The third kappa shape index (κ3) is 4.48. The van der Waals surface area contributed by atoms with Gasteiger partial charge in [-0.05, 0) is 43.2 Å². The second kappa shape index (κ2) is 7.53. The topological polar surface area (TPSA) is 70.6 Å². The largest absolute Gasteiger partial charge is 0.326 e. The van der Waals surface area contributed by atoms with Gasteiger partial charge < -0.3 is 10.6 Å². The Morgan fingerprint density at radius 1 is 1.20 bits per heavy atom. The zero-order chi connectivity index (χ0) is 17.8. The monoisotopic (exact) mass is 353 g/mol. The van der Waals surface area contributed by atoms with E-state index >= 15 is 0 Å². The molecule has 25 heavy (non-hydrogen) atoms. The van der Waals surface area contributed by atoms with Crippen LogP contribution in [0.2, 0.25) is 0 Å². The van der Waals surface area contributed by atoms with Gasteiger partial charge >= 0.3 is 0 Å². The lowest BCUT2D eigenvalue weighted by Crippen LogP contribution is -2.28. The normalized spacial score (nSPS) is 18.2. The molecule has 128 valence electrons. The number of thioether (sulfide) groups is 1. The van der Waals surface area contributed by atoms with E-state index in [0.29, 0.717) is 5.17 Å². The molecule has 0 saturated carbocycles. The van der Waals surface area contributed by atoms with Gasteiger partial charge in [0.25, 0.3) is 0 Å². The zero-order valence-corrected chi connectivity index (χ0v) is 14.9. The second-order valence-corrected chi connectivity index (χ2v) is 7.11. The number of carbonyl (C=O) groups excluding carboxylic acids is 2. The Hall–Kier alpha value is -2.60. The fraction of sp³-hybridized carbons (Fsp3) is 0.211. The predicted molar refractivity (Wildman–Crippen MR) is 102 cm³/mol. The lowest BCUT2D eigenvalue weighted by atomic mass is 10.2. The predicted octanol–water partition coefficient (Wildman–Crippen LogP) is 3.55. The average Bonchev–Trinajstić information content (AvgIpc) is 2.89. The number of rotatable bonds is 4. The SMILES string of the molecule is Cc1cccc(N=C2NC(=O)[C@@H](CC(=O)Nc3ccccc3C)S2)c1. The van der Waals surface area contributed by atoms with Gasteiger partial charge in [-0.25, -0.2) is 4.99 Å². The summed E-state index contributed by atoms with van der Waals surface area (Å²) >= 11 is 1.29. The lowest BCUT2D eigenvalue weighted by molar-refractivity contribution is -0.122. The standard InChI is InChI=1S/C19H19N3O2S/c1-12-6-5-8-14(10-12)20-19-22-18(24)16(25-19)11-17(23)21-15-9-4-3-7-13(15)2/h3-10,16H,11H2,1-2H3,(H,21,23)(H,20,22,24)/t16-/m1/s1. The minimum absolute atomic E-state index is 0.109. The van der Waals surface area contributed by atoms with Crippen molar-refractivity contribution in [2.75, 3.05) is 5.32 Å². The molecule has 2 aromatic rings. The van der Waals surface area contributed by atoms with Crippen molar-refractivity contribution in [2.24, 2.45) is 4.99 Å². The number of amides is 2. The number of nitrogens with one attached hydrogen (secondary N) is 2. The van der Waals surface area contributed by atoms with E-state index in [1.807, 2.05) is 62.4 Å². The Bertz CT molecular complexity index is 848. The third-order valence-electron chi connectivity index (χ3n) is 3.80. The molecule has 1 saturated heterocycles. The Morgan fingerprint density at radius 2 is 2.00 bits per heavy atom. The zero-order valence-electron chi connectivity index (χ0n) is 14.1. The van der Waals surface area contributed by atoms with Crippen LogP contribution in [0.4, 0.5) is 11.4 Å². The molecule has 0 unspecified atom stereocenters. The molecule has 2 N–H and O–H groups in total. The van der Waals surface area contributed by atoms with E-state index in [1.165, 1.54) is 11.8 Å². The summed E-state index contributed by atoms with van der Waals surface area (Å²) in [6.07, 6.45) is 0.109. The Kier molecular flexibility index (Phi) is 5.19. The van der Waals surface area contributed by atoms with E-state index in [4.69, 9.17) is 0 Å². The fourth-order valence-corrected chi connectivity index (χ4v) is 3.48. The molecule has 1 aliphatic rings. The van der Waals surface area contributed by atoms with Crippen LogP contribution < -0.4 is 10.6 Å². The minimum atomic E-state index is -0.465. The molecule has 0 aliphatic carbocycles. The number of anilines is 1. The molecular weight excluding hydrogens is 334 g/mol. The van der Waals surface area contributed by atoms with Crippen molar-refractivity contribution >= 4 is 40.1 Å². The Balaban J connectivity index is 1.63. The van der Waals surface area contributed by atoms with Gasteiger partial charge in [0.15, 0.2) is 5.17 Å². The van der Waals surface area contributed by atoms with Gasteiger partial charge in [0, 0.05) is 12.1 Å². The van der Waals surface area contributed by atoms with Crippen molar-refractivity contribution in [3.63, 3.8) is 0 Å². The highest BCUT2D eigenvalue weighted by atomic mass is 32.2. The summed E-state index contributed by atoms with van der Waals surface area (Å²) in [5.74, 6) is -0.366. The van der Waals surface area contributed by atoms with E-state index < -0.39 is 5.25 Å². The van der Waals surface area contributed by atoms with Crippen molar-refractivity contribution in [2.45, 2.75) is 25.5 Å². The Labute approximate surface area is 150 Å². The first-order valence-corrected chi connectivity index (χ1v) is 8.87. The number of nitrogens with zero attached hydrogens (tertiary/aromatic N) is 1. The molecule has 1 atom stereocenters. The molecule has 5 nitrogen and oxygen atoms in total. The number of carbonyl (C=O) groups is 2. The first-order valence-electron chi connectivity index (χ1n) is 7.99. The molecular formula is C19H19N3O2S. The Morgan fingerprint density at radius 3 is 2.76 bits per heavy atom. The van der Waals surface area contributed by atoms with Gasteiger partial charge in [-0.3, -0.25) is 9.59 Å². The van der Waals surface area contributed by atoms with Gasteiger partial charge in [0.1, 0.15) is 5.25 Å². The van der Waals surface area contributed by atoms with Crippen molar-refractivity contribution in [3.8, 4) is 0 Å². The van der Waals surface area contributed by atoms with Gasteiger partial charge in [0.05, 0.1) is 5.69 Å². The highest BCUT2D eigenvalue weighted by molar-refractivity contribution is 8.15. The number of amidine groups is 1. The molecule has 1 fully saturated rings. The summed E-state index contributed by atoms with van der Waals surface area (Å²) in [6, 6.07) is 15.3. The number of hydrogen-bond acceptors (Lipinski definition) is 4. The molecule has 1 aliphatic heterocycles. The highest BCUT2D eigenvalue weighted by Crippen LogP contribution is 2.26. The van der Waals surface area contributed by atoms with Crippen molar-refractivity contribution in [1.29, 1.82) is 0 Å². The number of benzene rings is 2. The van der Waals surface area contributed by atoms with Crippen LogP contribution >= 0.6 is 11.8 Å². The summed E-state index contributed by atoms with van der Waals surface area (Å²) in [5, 5.41) is 5.67. The summed E-state index contributed by atoms with van der Waals surface area (Å²) < 4.78 is 0. The lowest BCUT2D eigenvalue weighted by Gasteiger charge is -2.09. The quantitative estimate of drug-likeness (QED) is 0.883. The molecule has 0 spiro atoms. The van der Waals surface area contributed by atoms with Crippen LogP contribution in [0, 0.1) is 13.8 Å². The van der Waals surface area contributed by atoms with Crippen molar-refractivity contribution in [3.05, 3.63) is 59.7 Å². The third-order valence-corrected chi connectivity index (χ3v) is 4.88. The van der Waals surface area contributed by atoms with E-state index in [2.05, 4.69) is 15.6 Å². The summed E-state index contributed by atoms with van der Waals surface area (Å²) in [5.41, 5.74) is 3.64. The van der Waals surface area contributed by atoms with Crippen LogP contribution in [0.3, 0.4) is 0 Å². The van der Waals surface area contributed by atoms with Crippen molar-refractivity contribution < 1.29 is 9.59 Å². The first kappa shape index (κ1) is 17.2. The summed E-state index contributed by atoms with van der Waals surface area (Å²) in [4.78, 5) is 28.8. The van der Waals surface area contributed by atoms with Gasteiger partial charge in [-0.15, -0.1) is 0 Å². The maximum absolute atomic E-state index is 12.2. The average molecular weight is 353 g/mol. The first-order chi connectivity index (χ1) is 12.0. The molecule has 0 bridgehead atoms. The van der Waals surface area contributed by atoms with E-state index in [9.17, 15) is 9.59 Å². The smallest absolute Gasteiger partial charge is 0.240 e. The number of hydrogen-bond donors (Lipinski definition) is 2. The van der Waals surface area contributed by atoms with Crippen LogP contribution in [-0.2, 0) is 9.59 Å². The van der Waals surface area contributed by atoms with Crippen LogP contribution in [0.1, 0.15) is 17.5 Å². The second-order valence-electron chi connectivity index (χ2n) is 5.92. The number of aryl methyl sites for hydroxylation is 2. The van der Waals surface area contributed by atoms with Crippen LogP contribution in [-0.4, -0.2) is 22.2 Å². The molecule has 0 aromatic heterocycles. The maximum Gasteiger partial charge on any atom is 0.240 e. The van der Waals surface area contributed by atoms with Crippen LogP contribution in [0.5, 0.6) is 0 Å². The van der Waals surface area contributed by atoms with Gasteiger partial charge in [-0.1, -0.05) is 42.1 Å². The summed E-state index contributed by atoms with van der Waals surface area (Å²) in [6.45, 7) is 3.92. The minimum Gasteiger partial charge on any atom is -0.326 e. The highest BCUT2D eigenvalue weighted by Gasteiger charge is 2.32. The molecule has 6 heteroatoms. The molecule has 1 heterocycles. The number of para-hydroxylation sites is 1. The molecule has 0 radical (unpaired) electrons. The molecule has 3 rings (SSSR count). The van der Waals surface area contributed by atoms with Gasteiger partial charge in [0.2, 0.25) is 11.8 Å². The van der Waals surface area contributed by atoms with E-state index in [0.717, 1.165) is 22.5 Å².